The summed E-state index contributed by atoms with van der Waals surface area (Å²) in [6.07, 6.45) is 0.586. The second-order valence-corrected chi connectivity index (χ2v) is 6.93. The normalized spacial score (nSPS) is 11.2. The molecule has 0 bridgehead atoms. The zero-order chi connectivity index (χ0) is 17.7. The van der Waals surface area contributed by atoms with Crippen LogP contribution in [-0.4, -0.2) is 29.2 Å². The number of halogens is 1. The minimum Gasteiger partial charge on any atom is -0.497 e. The van der Waals surface area contributed by atoms with Gasteiger partial charge in [-0.15, -0.1) is 0 Å². The molecule has 0 fully saturated rings. The SMILES string of the molecule is CCCN(c1ccc(OC)c(F)c1)S(=O)(=O)c1ccc(OC)cc1. The van der Waals surface area contributed by atoms with E-state index in [9.17, 15) is 12.8 Å². The third-order valence-corrected chi connectivity index (χ3v) is 5.34. The minimum absolute atomic E-state index is 0.0667. The van der Waals surface area contributed by atoms with Crippen molar-refractivity contribution in [2.75, 3.05) is 25.1 Å². The first-order valence-corrected chi connectivity index (χ1v) is 8.88. The van der Waals surface area contributed by atoms with Crippen LogP contribution in [0, 0.1) is 5.82 Å². The lowest BCUT2D eigenvalue weighted by atomic mass is 10.3. The Bertz CT molecular complexity index is 791. The lowest BCUT2D eigenvalue weighted by molar-refractivity contribution is 0.386. The molecule has 24 heavy (non-hydrogen) atoms. The maximum atomic E-state index is 14.0. The van der Waals surface area contributed by atoms with E-state index in [-0.39, 0.29) is 22.9 Å². The quantitative estimate of drug-likeness (QED) is 0.765. The van der Waals surface area contributed by atoms with Gasteiger partial charge in [-0.25, -0.2) is 12.8 Å². The number of sulfonamides is 1. The number of benzene rings is 2. The Kier molecular flexibility index (Phi) is 5.66. The highest BCUT2D eigenvalue weighted by Crippen LogP contribution is 2.29. The molecule has 0 aliphatic rings. The molecule has 0 aromatic heterocycles. The van der Waals surface area contributed by atoms with Gasteiger partial charge in [-0.05, 0) is 42.8 Å². The predicted molar refractivity (Wildman–Crippen MR) is 90.8 cm³/mol. The van der Waals surface area contributed by atoms with Crippen LogP contribution in [0.4, 0.5) is 10.1 Å². The van der Waals surface area contributed by atoms with Gasteiger partial charge in [0.25, 0.3) is 10.0 Å². The summed E-state index contributed by atoms with van der Waals surface area (Å²) in [6.45, 7) is 2.09. The molecule has 0 radical (unpaired) electrons. The van der Waals surface area contributed by atoms with Crippen molar-refractivity contribution in [3.63, 3.8) is 0 Å². The molecule has 0 spiro atoms. The molecular formula is C17H20FNO4S. The highest BCUT2D eigenvalue weighted by molar-refractivity contribution is 7.92. The number of ether oxygens (including phenoxy) is 2. The van der Waals surface area contributed by atoms with Crippen LogP contribution >= 0.6 is 0 Å². The molecule has 0 unspecified atom stereocenters. The summed E-state index contributed by atoms with van der Waals surface area (Å²) in [5, 5.41) is 0. The van der Waals surface area contributed by atoms with Gasteiger partial charge in [0.05, 0.1) is 24.8 Å². The summed E-state index contributed by atoms with van der Waals surface area (Å²) in [5.74, 6) is 0.0181. The van der Waals surface area contributed by atoms with Crippen molar-refractivity contribution in [3.05, 3.63) is 48.3 Å². The van der Waals surface area contributed by atoms with E-state index < -0.39 is 15.8 Å². The molecule has 0 aliphatic carbocycles. The van der Waals surface area contributed by atoms with Crippen LogP contribution in [0.25, 0.3) is 0 Å². The molecule has 0 N–H and O–H groups in total. The zero-order valence-corrected chi connectivity index (χ0v) is 14.6. The summed E-state index contributed by atoms with van der Waals surface area (Å²) >= 11 is 0. The van der Waals surface area contributed by atoms with Gasteiger partial charge in [0, 0.05) is 12.6 Å². The molecule has 0 saturated carbocycles. The van der Waals surface area contributed by atoms with E-state index in [1.165, 1.54) is 42.8 Å². The second-order valence-electron chi connectivity index (χ2n) is 5.07. The maximum absolute atomic E-state index is 14.0. The average molecular weight is 353 g/mol. The van der Waals surface area contributed by atoms with Gasteiger partial charge in [0.1, 0.15) is 5.75 Å². The average Bonchev–Trinajstić information content (AvgIpc) is 2.59. The molecule has 2 aromatic carbocycles. The van der Waals surface area contributed by atoms with Crippen molar-refractivity contribution in [2.24, 2.45) is 0 Å². The van der Waals surface area contributed by atoms with Gasteiger partial charge in [-0.3, -0.25) is 4.31 Å². The fourth-order valence-electron chi connectivity index (χ4n) is 2.28. The lowest BCUT2D eigenvalue weighted by Gasteiger charge is -2.24. The van der Waals surface area contributed by atoms with E-state index in [2.05, 4.69) is 0 Å². The molecule has 0 amide bonds. The molecule has 0 heterocycles. The van der Waals surface area contributed by atoms with Crippen LogP contribution in [0.5, 0.6) is 11.5 Å². The van der Waals surface area contributed by atoms with Crippen molar-refractivity contribution < 1.29 is 22.3 Å². The van der Waals surface area contributed by atoms with Gasteiger partial charge < -0.3 is 9.47 Å². The monoisotopic (exact) mass is 353 g/mol. The van der Waals surface area contributed by atoms with E-state index in [1.54, 1.807) is 12.1 Å². The van der Waals surface area contributed by atoms with Crippen molar-refractivity contribution >= 4 is 15.7 Å². The molecule has 130 valence electrons. The highest BCUT2D eigenvalue weighted by atomic mass is 32.2. The van der Waals surface area contributed by atoms with E-state index in [4.69, 9.17) is 9.47 Å². The number of hydrogen-bond acceptors (Lipinski definition) is 4. The summed E-state index contributed by atoms with van der Waals surface area (Å²) in [7, 11) is -0.943. The van der Waals surface area contributed by atoms with Crippen LogP contribution in [0.2, 0.25) is 0 Å². The molecule has 2 rings (SSSR count). The Morgan fingerprint density at radius 2 is 1.71 bits per heavy atom. The Balaban J connectivity index is 2.46. The topological polar surface area (TPSA) is 55.8 Å². The van der Waals surface area contributed by atoms with Crippen LogP contribution < -0.4 is 13.8 Å². The highest BCUT2D eigenvalue weighted by Gasteiger charge is 2.25. The standard InChI is InChI=1S/C17H20FNO4S/c1-4-11-19(13-5-10-17(23-3)16(18)12-13)24(20,21)15-8-6-14(22-2)7-9-15/h5-10,12H,4,11H2,1-3H3. The number of rotatable bonds is 7. The van der Waals surface area contributed by atoms with Crippen LogP contribution in [0.3, 0.4) is 0 Å². The third-order valence-electron chi connectivity index (χ3n) is 3.50. The largest absolute Gasteiger partial charge is 0.497 e. The first-order chi connectivity index (χ1) is 11.4. The van der Waals surface area contributed by atoms with Crippen LogP contribution in [0.15, 0.2) is 47.4 Å². The number of methoxy groups -OCH3 is 2. The van der Waals surface area contributed by atoms with Gasteiger partial charge in [0.15, 0.2) is 11.6 Å². The smallest absolute Gasteiger partial charge is 0.264 e. The first kappa shape index (κ1) is 18.1. The van der Waals surface area contributed by atoms with Crippen molar-refractivity contribution in [3.8, 4) is 11.5 Å². The van der Waals surface area contributed by atoms with Crippen molar-refractivity contribution in [2.45, 2.75) is 18.2 Å². The fourth-order valence-corrected chi connectivity index (χ4v) is 3.83. The molecule has 0 saturated heterocycles. The van der Waals surface area contributed by atoms with E-state index >= 15 is 0 Å². The fraction of sp³-hybridized carbons (Fsp3) is 0.294. The van der Waals surface area contributed by atoms with E-state index in [1.807, 2.05) is 6.92 Å². The Morgan fingerprint density at radius 3 is 2.21 bits per heavy atom. The molecule has 0 aliphatic heterocycles. The minimum atomic E-state index is -3.81. The summed E-state index contributed by atoms with van der Waals surface area (Å²) in [6, 6.07) is 10.2. The number of anilines is 1. The van der Waals surface area contributed by atoms with Gasteiger partial charge >= 0.3 is 0 Å². The zero-order valence-electron chi connectivity index (χ0n) is 13.8. The van der Waals surface area contributed by atoms with E-state index in [0.29, 0.717) is 12.2 Å². The first-order valence-electron chi connectivity index (χ1n) is 7.44. The third kappa shape index (κ3) is 3.62. The number of nitrogens with zero attached hydrogens (tertiary/aromatic N) is 1. The maximum Gasteiger partial charge on any atom is 0.264 e. The van der Waals surface area contributed by atoms with E-state index in [0.717, 1.165) is 6.07 Å². The predicted octanol–water partition coefficient (Wildman–Crippen LogP) is 3.45. The molecule has 0 atom stereocenters. The Hall–Kier alpha value is -2.28. The summed E-state index contributed by atoms with van der Waals surface area (Å²) in [5.41, 5.74) is 0.256. The molecule has 7 heteroatoms. The van der Waals surface area contributed by atoms with Gasteiger partial charge in [0.2, 0.25) is 0 Å². The lowest BCUT2D eigenvalue weighted by Crippen LogP contribution is -2.31. The second kappa shape index (κ2) is 7.53. The summed E-state index contributed by atoms with van der Waals surface area (Å²) in [4.78, 5) is 0.118. The Morgan fingerprint density at radius 1 is 1.04 bits per heavy atom. The van der Waals surface area contributed by atoms with Crippen molar-refractivity contribution in [1.29, 1.82) is 0 Å². The van der Waals surface area contributed by atoms with Crippen LogP contribution in [0.1, 0.15) is 13.3 Å². The number of hydrogen-bond donors (Lipinski definition) is 0. The summed E-state index contributed by atoms with van der Waals surface area (Å²) < 4.78 is 50.9. The molecule has 5 nitrogen and oxygen atoms in total. The molecule has 2 aromatic rings. The van der Waals surface area contributed by atoms with Crippen LogP contribution in [-0.2, 0) is 10.0 Å². The Labute approximate surface area is 141 Å². The van der Waals surface area contributed by atoms with Gasteiger partial charge in [-0.2, -0.15) is 0 Å². The van der Waals surface area contributed by atoms with Gasteiger partial charge in [-0.1, -0.05) is 6.92 Å². The molecular weight excluding hydrogens is 333 g/mol. The van der Waals surface area contributed by atoms with Crippen molar-refractivity contribution in [1.82, 2.24) is 0 Å².